The molecule has 94 valence electrons. The van der Waals surface area contributed by atoms with Crippen LogP contribution in [0.5, 0.6) is 5.75 Å². The van der Waals surface area contributed by atoms with Crippen LogP contribution in [0.3, 0.4) is 0 Å². The molecule has 0 saturated carbocycles. The van der Waals surface area contributed by atoms with Gasteiger partial charge in [-0.15, -0.1) is 0 Å². The van der Waals surface area contributed by atoms with Gasteiger partial charge in [-0.25, -0.2) is 4.98 Å². The monoisotopic (exact) mass is 245 g/mol. The molecule has 2 rings (SSSR count). The van der Waals surface area contributed by atoms with E-state index >= 15 is 0 Å². The van der Waals surface area contributed by atoms with E-state index in [1.165, 1.54) is 6.20 Å². The van der Waals surface area contributed by atoms with Gasteiger partial charge in [0.25, 0.3) is 0 Å². The fourth-order valence-electron chi connectivity index (χ4n) is 1.55. The number of hydrogen-bond donors (Lipinski definition) is 1. The molecule has 0 atom stereocenters. The van der Waals surface area contributed by atoms with Crippen LogP contribution in [0.4, 0.5) is 5.82 Å². The van der Waals surface area contributed by atoms with Crippen LogP contribution in [-0.4, -0.2) is 30.3 Å². The van der Waals surface area contributed by atoms with Crippen LogP contribution >= 0.6 is 0 Å². The number of methoxy groups -OCH3 is 1. The number of nitrogens with zero attached hydrogens (tertiary/aromatic N) is 2. The number of para-hydroxylation sites is 1. The van der Waals surface area contributed by atoms with Crippen molar-refractivity contribution in [2.24, 2.45) is 0 Å². The van der Waals surface area contributed by atoms with Crippen LogP contribution in [0, 0.1) is 0 Å². The molecule has 1 aromatic heterocycles. The maximum Gasteiger partial charge on any atom is 0.142 e. The van der Waals surface area contributed by atoms with Gasteiger partial charge in [0.15, 0.2) is 0 Å². The Labute approximate surface area is 106 Å². The number of nitrogens with two attached hydrogens (primary N) is 1. The Morgan fingerprint density at radius 1 is 1.17 bits per heavy atom. The summed E-state index contributed by atoms with van der Waals surface area (Å²) in [5.41, 5.74) is 7.20. The molecule has 0 spiro atoms. The van der Waals surface area contributed by atoms with Crippen molar-refractivity contribution in [3.05, 3.63) is 36.7 Å². The van der Waals surface area contributed by atoms with Crippen molar-refractivity contribution < 1.29 is 9.47 Å². The van der Waals surface area contributed by atoms with Gasteiger partial charge in [0.05, 0.1) is 24.7 Å². The van der Waals surface area contributed by atoms with E-state index in [4.69, 9.17) is 15.2 Å². The van der Waals surface area contributed by atoms with Crippen molar-refractivity contribution in [3.8, 4) is 17.0 Å². The molecule has 5 nitrogen and oxygen atoms in total. The van der Waals surface area contributed by atoms with Gasteiger partial charge in [-0.1, -0.05) is 12.1 Å². The molecule has 1 aromatic carbocycles. The summed E-state index contributed by atoms with van der Waals surface area (Å²) >= 11 is 0. The molecule has 0 radical (unpaired) electrons. The van der Waals surface area contributed by atoms with Gasteiger partial charge in [0, 0.05) is 12.7 Å². The van der Waals surface area contributed by atoms with Crippen LogP contribution in [0.15, 0.2) is 36.7 Å². The third-order valence-electron chi connectivity index (χ3n) is 2.36. The first kappa shape index (κ1) is 12.3. The Hall–Kier alpha value is -2.14. The molecule has 0 unspecified atom stereocenters. The zero-order valence-electron chi connectivity index (χ0n) is 10.2. The van der Waals surface area contributed by atoms with Crippen LogP contribution in [0.25, 0.3) is 11.3 Å². The third kappa shape index (κ3) is 2.95. The zero-order valence-corrected chi connectivity index (χ0v) is 10.2. The van der Waals surface area contributed by atoms with E-state index in [2.05, 4.69) is 9.97 Å². The molecule has 0 saturated heterocycles. The number of rotatable bonds is 5. The number of hydrogen-bond acceptors (Lipinski definition) is 5. The van der Waals surface area contributed by atoms with Crippen molar-refractivity contribution in [2.75, 3.05) is 26.1 Å². The summed E-state index contributed by atoms with van der Waals surface area (Å²) in [6, 6.07) is 7.64. The van der Waals surface area contributed by atoms with E-state index in [0.29, 0.717) is 24.7 Å². The van der Waals surface area contributed by atoms with Gasteiger partial charge in [-0.05, 0) is 12.1 Å². The fourth-order valence-corrected chi connectivity index (χ4v) is 1.55. The van der Waals surface area contributed by atoms with Crippen molar-refractivity contribution in [2.45, 2.75) is 0 Å². The van der Waals surface area contributed by atoms with E-state index < -0.39 is 0 Å². The number of anilines is 1. The summed E-state index contributed by atoms with van der Waals surface area (Å²) in [4.78, 5) is 8.27. The molecular formula is C13H15N3O2. The Bertz CT molecular complexity index is 517. The van der Waals surface area contributed by atoms with Gasteiger partial charge in [-0.2, -0.15) is 0 Å². The van der Waals surface area contributed by atoms with E-state index in [1.807, 2.05) is 24.3 Å². The molecular weight excluding hydrogens is 230 g/mol. The topological polar surface area (TPSA) is 70.3 Å². The summed E-state index contributed by atoms with van der Waals surface area (Å²) in [5.74, 6) is 1.13. The first-order chi connectivity index (χ1) is 8.81. The van der Waals surface area contributed by atoms with Crippen LogP contribution in [0.2, 0.25) is 0 Å². The molecule has 18 heavy (non-hydrogen) atoms. The normalized spacial score (nSPS) is 10.3. The summed E-state index contributed by atoms with van der Waals surface area (Å²) in [7, 11) is 1.64. The van der Waals surface area contributed by atoms with E-state index in [1.54, 1.807) is 13.3 Å². The Balaban J connectivity index is 2.27. The average Bonchev–Trinajstić information content (AvgIpc) is 2.40. The van der Waals surface area contributed by atoms with Gasteiger partial charge >= 0.3 is 0 Å². The third-order valence-corrected chi connectivity index (χ3v) is 2.36. The second kappa shape index (κ2) is 5.97. The van der Waals surface area contributed by atoms with Gasteiger partial charge in [0.2, 0.25) is 0 Å². The smallest absolute Gasteiger partial charge is 0.142 e. The van der Waals surface area contributed by atoms with Crippen LogP contribution in [-0.2, 0) is 4.74 Å². The zero-order chi connectivity index (χ0) is 12.8. The fraction of sp³-hybridized carbons (Fsp3) is 0.231. The average molecular weight is 245 g/mol. The summed E-state index contributed by atoms with van der Waals surface area (Å²) in [6.45, 7) is 1.03. The number of nitrogen functional groups attached to an aromatic ring is 1. The lowest BCUT2D eigenvalue weighted by Crippen LogP contribution is -2.05. The van der Waals surface area contributed by atoms with E-state index in [-0.39, 0.29) is 0 Å². The Morgan fingerprint density at radius 3 is 2.78 bits per heavy atom. The number of ether oxygens (including phenoxy) is 2. The molecule has 0 amide bonds. The molecule has 0 aliphatic heterocycles. The minimum atomic E-state index is 0.388. The Kier molecular flexibility index (Phi) is 4.09. The summed E-state index contributed by atoms with van der Waals surface area (Å²) in [6.07, 6.45) is 3.17. The van der Waals surface area contributed by atoms with Crippen molar-refractivity contribution in [3.63, 3.8) is 0 Å². The summed E-state index contributed by atoms with van der Waals surface area (Å²) in [5, 5.41) is 0. The molecule has 1 heterocycles. The number of aromatic nitrogens is 2. The maximum atomic E-state index is 5.64. The van der Waals surface area contributed by atoms with Crippen LogP contribution < -0.4 is 10.5 Å². The van der Waals surface area contributed by atoms with Crippen molar-refractivity contribution in [1.82, 2.24) is 9.97 Å². The maximum absolute atomic E-state index is 5.64. The van der Waals surface area contributed by atoms with Gasteiger partial charge < -0.3 is 15.2 Å². The van der Waals surface area contributed by atoms with Crippen molar-refractivity contribution >= 4 is 5.82 Å². The van der Waals surface area contributed by atoms with E-state index in [9.17, 15) is 0 Å². The highest BCUT2D eigenvalue weighted by Gasteiger charge is 2.07. The summed E-state index contributed by atoms with van der Waals surface area (Å²) < 4.78 is 10.6. The van der Waals surface area contributed by atoms with E-state index in [0.717, 1.165) is 11.3 Å². The molecule has 0 bridgehead atoms. The minimum Gasteiger partial charge on any atom is -0.490 e. The first-order valence-electron chi connectivity index (χ1n) is 5.60. The molecule has 2 N–H and O–H groups in total. The molecule has 0 fully saturated rings. The van der Waals surface area contributed by atoms with Crippen LogP contribution in [0.1, 0.15) is 0 Å². The lowest BCUT2D eigenvalue weighted by atomic mass is 10.1. The minimum absolute atomic E-state index is 0.388. The molecule has 0 aliphatic carbocycles. The lowest BCUT2D eigenvalue weighted by Gasteiger charge is -2.10. The van der Waals surface area contributed by atoms with Gasteiger partial charge in [-0.3, -0.25) is 4.98 Å². The SMILES string of the molecule is COCCOc1ccccc1-c1cncc(N)n1. The molecule has 2 aromatic rings. The highest BCUT2D eigenvalue weighted by atomic mass is 16.5. The first-order valence-corrected chi connectivity index (χ1v) is 5.60. The Morgan fingerprint density at radius 2 is 2.00 bits per heavy atom. The second-order valence-electron chi connectivity index (χ2n) is 3.67. The quantitative estimate of drug-likeness (QED) is 0.813. The van der Waals surface area contributed by atoms with Gasteiger partial charge in [0.1, 0.15) is 18.2 Å². The highest BCUT2D eigenvalue weighted by Crippen LogP contribution is 2.28. The molecule has 0 aliphatic rings. The second-order valence-corrected chi connectivity index (χ2v) is 3.67. The van der Waals surface area contributed by atoms with Crippen molar-refractivity contribution in [1.29, 1.82) is 0 Å². The largest absolute Gasteiger partial charge is 0.490 e. The number of benzene rings is 1. The highest BCUT2D eigenvalue weighted by molar-refractivity contribution is 5.67. The predicted octanol–water partition coefficient (Wildman–Crippen LogP) is 1.75. The standard InChI is InChI=1S/C13H15N3O2/c1-17-6-7-18-12-5-3-2-4-10(12)11-8-15-9-13(14)16-11/h2-5,8-9H,6-7H2,1H3,(H2,14,16). The predicted molar refractivity (Wildman–Crippen MR) is 69.3 cm³/mol. The molecule has 5 heteroatoms. The lowest BCUT2D eigenvalue weighted by molar-refractivity contribution is 0.146.